The van der Waals surface area contributed by atoms with Crippen LogP contribution in [0, 0.1) is 5.92 Å². The van der Waals surface area contributed by atoms with Gasteiger partial charge in [-0.2, -0.15) is 0 Å². The fourth-order valence-corrected chi connectivity index (χ4v) is 2.50. The zero-order valence-corrected chi connectivity index (χ0v) is 12.0. The number of amides is 1. The molecule has 114 valence electrons. The van der Waals surface area contributed by atoms with Crippen LogP contribution < -0.4 is 10.2 Å². The van der Waals surface area contributed by atoms with Gasteiger partial charge in [-0.05, 0) is 19.8 Å². The number of aliphatic carboxylic acids is 1. The van der Waals surface area contributed by atoms with E-state index in [1.807, 2.05) is 0 Å². The number of anilines is 1. The molecule has 0 bridgehead atoms. The van der Waals surface area contributed by atoms with Crippen LogP contribution in [0.2, 0.25) is 0 Å². The number of carboxylic acids is 1. The van der Waals surface area contributed by atoms with Crippen LogP contribution in [0.15, 0.2) is 18.6 Å². The molecule has 2 N–H and O–H groups in total. The Bertz CT molecular complexity index is 486. The first-order valence-electron chi connectivity index (χ1n) is 7.09. The summed E-state index contributed by atoms with van der Waals surface area (Å²) in [5, 5.41) is 11.5. The summed E-state index contributed by atoms with van der Waals surface area (Å²) < 4.78 is 0. The van der Waals surface area contributed by atoms with Crippen molar-refractivity contribution in [2.75, 3.05) is 18.0 Å². The molecule has 1 amide bonds. The maximum atomic E-state index is 12.1. The van der Waals surface area contributed by atoms with Crippen molar-refractivity contribution in [2.24, 2.45) is 5.92 Å². The Morgan fingerprint density at radius 3 is 2.71 bits per heavy atom. The van der Waals surface area contributed by atoms with E-state index in [2.05, 4.69) is 20.2 Å². The predicted octanol–water partition coefficient (Wildman–Crippen LogP) is 0.672. The summed E-state index contributed by atoms with van der Waals surface area (Å²) in [6, 6.07) is -0.340. The molecule has 0 saturated carbocycles. The standard InChI is InChI=1S/C14H20N4O3/c1-10(8-13(19)20)17-14(21)11-2-6-18(7-3-11)12-9-15-4-5-16-12/h4-5,9-11H,2-3,6-8H2,1H3,(H,17,21)(H,19,20). The van der Waals surface area contributed by atoms with Crippen LogP contribution in [-0.4, -0.2) is 46.1 Å². The summed E-state index contributed by atoms with van der Waals surface area (Å²) in [4.78, 5) is 33.1. The quantitative estimate of drug-likeness (QED) is 0.828. The summed E-state index contributed by atoms with van der Waals surface area (Å²) >= 11 is 0. The summed E-state index contributed by atoms with van der Waals surface area (Å²) in [6.07, 6.45) is 6.43. The molecule has 7 heteroatoms. The highest BCUT2D eigenvalue weighted by Gasteiger charge is 2.26. The van der Waals surface area contributed by atoms with Crippen LogP contribution in [0.5, 0.6) is 0 Å². The molecule has 0 spiro atoms. The van der Waals surface area contributed by atoms with Gasteiger partial charge in [-0.25, -0.2) is 4.98 Å². The SMILES string of the molecule is CC(CC(=O)O)NC(=O)C1CCN(c2cnccn2)CC1. The van der Waals surface area contributed by atoms with Crippen molar-refractivity contribution in [1.82, 2.24) is 15.3 Å². The predicted molar refractivity (Wildman–Crippen MR) is 76.8 cm³/mol. The molecule has 1 atom stereocenters. The van der Waals surface area contributed by atoms with Crippen LogP contribution in [0.1, 0.15) is 26.2 Å². The number of hydrogen-bond donors (Lipinski definition) is 2. The molecule has 1 aromatic rings. The Morgan fingerprint density at radius 1 is 1.43 bits per heavy atom. The van der Waals surface area contributed by atoms with E-state index in [1.54, 1.807) is 25.5 Å². The van der Waals surface area contributed by atoms with Gasteiger partial charge >= 0.3 is 5.97 Å². The molecular formula is C14H20N4O3. The first kappa shape index (κ1) is 15.2. The largest absolute Gasteiger partial charge is 0.481 e. The number of carbonyl (C=O) groups excluding carboxylic acids is 1. The molecule has 1 aliphatic heterocycles. The van der Waals surface area contributed by atoms with E-state index >= 15 is 0 Å². The van der Waals surface area contributed by atoms with Crippen LogP contribution in [0.25, 0.3) is 0 Å². The summed E-state index contributed by atoms with van der Waals surface area (Å²) in [6.45, 7) is 3.22. The van der Waals surface area contributed by atoms with Crippen molar-refractivity contribution in [3.8, 4) is 0 Å². The number of hydrogen-bond acceptors (Lipinski definition) is 5. The van der Waals surface area contributed by atoms with Gasteiger partial charge in [0.15, 0.2) is 0 Å². The molecule has 1 saturated heterocycles. The summed E-state index contributed by atoms with van der Waals surface area (Å²) in [5.41, 5.74) is 0. The average Bonchev–Trinajstić information content (AvgIpc) is 2.47. The van der Waals surface area contributed by atoms with Gasteiger partial charge in [-0.15, -0.1) is 0 Å². The smallest absolute Gasteiger partial charge is 0.305 e. The van der Waals surface area contributed by atoms with Crippen molar-refractivity contribution in [3.05, 3.63) is 18.6 Å². The first-order chi connectivity index (χ1) is 10.1. The second kappa shape index (κ2) is 7.01. The van der Waals surface area contributed by atoms with Crippen LogP contribution in [0.4, 0.5) is 5.82 Å². The third-order valence-corrected chi connectivity index (χ3v) is 3.61. The molecule has 1 fully saturated rings. The normalized spacial score (nSPS) is 17.3. The second-order valence-electron chi connectivity index (χ2n) is 5.33. The molecule has 2 rings (SSSR count). The third-order valence-electron chi connectivity index (χ3n) is 3.61. The van der Waals surface area contributed by atoms with Gasteiger partial charge in [0, 0.05) is 37.4 Å². The van der Waals surface area contributed by atoms with Crippen LogP contribution in [0.3, 0.4) is 0 Å². The Kier molecular flexibility index (Phi) is 5.08. The minimum absolute atomic E-state index is 0.0514. The zero-order chi connectivity index (χ0) is 15.2. The summed E-state index contributed by atoms with van der Waals surface area (Å²) in [7, 11) is 0. The van der Waals surface area contributed by atoms with Gasteiger partial charge in [-0.1, -0.05) is 0 Å². The van der Waals surface area contributed by atoms with Crippen molar-refractivity contribution < 1.29 is 14.7 Å². The maximum absolute atomic E-state index is 12.1. The Hall–Kier alpha value is -2.18. The number of nitrogens with zero attached hydrogens (tertiary/aromatic N) is 3. The minimum atomic E-state index is -0.903. The Labute approximate surface area is 123 Å². The van der Waals surface area contributed by atoms with E-state index < -0.39 is 5.97 Å². The summed E-state index contributed by atoms with van der Waals surface area (Å²) in [5.74, 6) is -0.187. The van der Waals surface area contributed by atoms with E-state index in [0.29, 0.717) is 0 Å². The highest BCUT2D eigenvalue weighted by Crippen LogP contribution is 2.21. The van der Waals surface area contributed by atoms with E-state index in [-0.39, 0.29) is 24.3 Å². The molecule has 1 aromatic heterocycles. The highest BCUT2D eigenvalue weighted by atomic mass is 16.4. The number of nitrogens with one attached hydrogen (secondary N) is 1. The minimum Gasteiger partial charge on any atom is -0.481 e. The first-order valence-corrected chi connectivity index (χ1v) is 7.09. The van der Waals surface area contributed by atoms with Gasteiger partial charge in [0.1, 0.15) is 5.82 Å². The molecule has 7 nitrogen and oxygen atoms in total. The lowest BCUT2D eigenvalue weighted by Gasteiger charge is -2.32. The lowest BCUT2D eigenvalue weighted by atomic mass is 9.95. The number of piperidine rings is 1. The van der Waals surface area contributed by atoms with Crippen molar-refractivity contribution in [2.45, 2.75) is 32.2 Å². The number of carboxylic acid groups (broad SMARTS) is 1. The van der Waals surface area contributed by atoms with Gasteiger partial charge in [-0.3, -0.25) is 14.6 Å². The number of rotatable bonds is 5. The fraction of sp³-hybridized carbons (Fsp3) is 0.571. The van der Waals surface area contributed by atoms with Crippen molar-refractivity contribution >= 4 is 17.7 Å². The fourth-order valence-electron chi connectivity index (χ4n) is 2.50. The van der Waals surface area contributed by atoms with Gasteiger partial charge in [0.25, 0.3) is 0 Å². The lowest BCUT2D eigenvalue weighted by molar-refractivity contribution is -0.137. The molecule has 2 heterocycles. The molecular weight excluding hydrogens is 272 g/mol. The number of aromatic nitrogens is 2. The van der Waals surface area contributed by atoms with Crippen LogP contribution >= 0.6 is 0 Å². The molecule has 0 aromatic carbocycles. The highest BCUT2D eigenvalue weighted by molar-refractivity contribution is 5.80. The van der Waals surface area contributed by atoms with E-state index in [0.717, 1.165) is 31.7 Å². The molecule has 1 unspecified atom stereocenters. The molecule has 21 heavy (non-hydrogen) atoms. The molecule has 0 aliphatic carbocycles. The van der Waals surface area contributed by atoms with E-state index in [9.17, 15) is 9.59 Å². The van der Waals surface area contributed by atoms with Gasteiger partial charge in [0.05, 0.1) is 12.6 Å². The van der Waals surface area contributed by atoms with E-state index in [1.165, 1.54) is 0 Å². The lowest BCUT2D eigenvalue weighted by Crippen LogP contribution is -2.43. The maximum Gasteiger partial charge on any atom is 0.305 e. The third kappa shape index (κ3) is 4.40. The number of carbonyl (C=O) groups is 2. The molecule has 1 aliphatic rings. The Balaban J connectivity index is 1.81. The monoisotopic (exact) mass is 292 g/mol. The van der Waals surface area contributed by atoms with Gasteiger partial charge < -0.3 is 15.3 Å². The molecule has 0 radical (unpaired) electrons. The van der Waals surface area contributed by atoms with Crippen LogP contribution in [-0.2, 0) is 9.59 Å². The van der Waals surface area contributed by atoms with Gasteiger partial charge in [0.2, 0.25) is 5.91 Å². The Morgan fingerprint density at radius 2 is 2.14 bits per heavy atom. The topological polar surface area (TPSA) is 95.4 Å². The zero-order valence-electron chi connectivity index (χ0n) is 12.0. The van der Waals surface area contributed by atoms with E-state index in [4.69, 9.17) is 5.11 Å². The second-order valence-corrected chi connectivity index (χ2v) is 5.33. The van der Waals surface area contributed by atoms with Crippen molar-refractivity contribution in [1.29, 1.82) is 0 Å². The van der Waals surface area contributed by atoms with Crippen molar-refractivity contribution in [3.63, 3.8) is 0 Å². The average molecular weight is 292 g/mol.